The lowest BCUT2D eigenvalue weighted by molar-refractivity contribution is -0.121. The molecule has 2 rings (SSSR count). The fourth-order valence-electron chi connectivity index (χ4n) is 2.61. The number of amides is 2. The van der Waals surface area contributed by atoms with E-state index < -0.39 is 5.97 Å². The fraction of sp³-hybridized carbons (Fsp3) is 0.250. The third kappa shape index (κ3) is 4.47. The quantitative estimate of drug-likeness (QED) is 0.748. The number of anilines is 2. The normalized spacial score (nSPS) is 10.1. The first-order valence-electron chi connectivity index (χ1n) is 8.29. The summed E-state index contributed by atoms with van der Waals surface area (Å²) >= 11 is 0. The summed E-state index contributed by atoms with van der Waals surface area (Å²) in [7, 11) is 1.31. The van der Waals surface area contributed by atoms with E-state index in [-0.39, 0.29) is 18.4 Å². The van der Waals surface area contributed by atoms with Crippen LogP contribution in [0, 0.1) is 0 Å². The Morgan fingerprint density at radius 1 is 0.885 bits per heavy atom. The Balaban J connectivity index is 2.21. The van der Waals surface area contributed by atoms with Gasteiger partial charge in [-0.25, -0.2) is 4.79 Å². The van der Waals surface area contributed by atoms with E-state index in [9.17, 15) is 14.4 Å². The van der Waals surface area contributed by atoms with Crippen molar-refractivity contribution in [2.24, 2.45) is 0 Å². The van der Waals surface area contributed by atoms with E-state index in [0.717, 1.165) is 5.69 Å². The molecule has 136 valence electrons. The van der Waals surface area contributed by atoms with Crippen LogP contribution in [-0.2, 0) is 14.3 Å². The zero-order chi connectivity index (χ0) is 19.1. The molecule has 0 radical (unpaired) electrons. The molecule has 0 saturated heterocycles. The average Bonchev–Trinajstić information content (AvgIpc) is 2.67. The molecule has 0 N–H and O–H groups in total. The second-order valence-electron chi connectivity index (χ2n) is 5.62. The molecule has 0 aliphatic carbocycles. The molecule has 0 unspecified atom stereocenters. The van der Waals surface area contributed by atoms with Gasteiger partial charge in [0.05, 0.1) is 12.7 Å². The number of benzene rings is 2. The van der Waals surface area contributed by atoms with Gasteiger partial charge in [0.2, 0.25) is 11.8 Å². The molecule has 0 fully saturated rings. The van der Waals surface area contributed by atoms with E-state index in [0.29, 0.717) is 17.8 Å². The molecule has 2 amide bonds. The van der Waals surface area contributed by atoms with Gasteiger partial charge in [0.1, 0.15) is 6.54 Å². The Morgan fingerprint density at radius 3 is 1.96 bits per heavy atom. The van der Waals surface area contributed by atoms with Gasteiger partial charge in [-0.15, -0.1) is 0 Å². The predicted octanol–water partition coefficient (Wildman–Crippen LogP) is 2.88. The molecule has 2 aromatic rings. The smallest absolute Gasteiger partial charge is 0.337 e. The number of carbonyl (C=O) groups excluding carboxylic acids is 3. The molecule has 0 aliphatic rings. The van der Waals surface area contributed by atoms with Gasteiger partial charge in [0.25, 0.3) is 0 Å². The summed E-state index contributed by atoms with van der Waals surface area (Å²) in [5.41, 5.74) is 1.71. The van der Waals surface area contributed by atoms with Crippen molar-refractivity contribution in [3.63, 3.8) is 0 Å². The highest BCUT2D eigenvalue weighted by Gasteiger charge is 2.21. The molecule has 0 saturated carbocycles. The molecular formula is C20H22N2O4. The third-order valence-electron chi connectivity index (χ3n) is 3.96. The minimum atomic E-state index is -0.455. The van der Waals surface area contributed by atoms with E-state index in [2.05, 4.69) is 4.74 Å². The Morgan fingerprint density at radius 2 is 1.46 bits per heavy atom. The van der Waals surface area contributed by atoms with Gasteiger partial charge in [0.15, 0.2) is 0 Å². The lowest BCUT2D eigenvalue weighted by Crippen LogP contribution is -2.42. The molecule has 0 aromatic heterocycles. The van der Waals surface area contributed by atoms with Crippen LogP contribution < -0.4 is 9.80 Å². The van der Waals surface area contributed by atoms with Crippen molar-refractivity contribution in [3.8, 4) is 0 Å². The fourth-order valence-corrected chi connectivity index (χ4v) is 2.61. The molecule has 26 heavy (non-hydrogen) atoms. The number of hydrogen-bond acceptors (Lipinski definition) is 4. The Hall–Kier alpha value is -3.15. The zero-order valence-corrected chi connectivity index (χ0v) is 15.1. The van der Waals surface area contributed by atoms with Gasteiger partial charge in [-0.1, -0.05) is 18.2 Å². The summed E-state index contributed by atoms with van der Waals surface area (Å²) in [6, 6.07) is 15.7. The summed E-state index contributed by atoms with van der Waals surface area (Å²) in [6.45, 7) is 3.69. The summed E-state index contributed by atoms with van der Waals surface area (Å²) in [5, 5.41) is 0. The number of para-hydroxylation sites is 1. The minimum Gasteiger partial charge on any atom is -0.465 e. The molecule has 0 aliphatic heterocycles. The van der Waals surface area contributed by atoms with E-state index >= 15 is 0 Å². The lowest BCUT2D eigenvalue weighted by atomic mass is 10.2. The first kappa shape index (κ1) is 19.2. The van der Waals surface area contributed by atoms with Crippen molar-refractivity contribution in [2.45, 2.75) is 13.8 Å². The molecule has 6 heteroatoms. The van der Waals surface area contributed by atoms with Crippen molar-refractivity contribution in [1.29, 1.82) is 0 Å². The van der Waals surface area contributed by atoms with Gasteiger partial charge >= 0.3 is 5.97 Å². The van der Waals surface area contributed by atoms with E-state index in [4.69, 9.17) is 0 Å². The summed E-state index contributed by atoms with van der Waals surface area (Å²) in [5.74, 6) is -0.900. The van der Waals surface area contributed by atoms with Crippen LogP contribution in [-0.4, -0.2) is 38.0 Å². The summed E-state index contributed by atoms with van der Waals surface area (Å²) in [4.78, 5) is 39.3. The van der Waals surface area contributed by atoms with Crippen LogP contribution in [0.15, 0.2) is 54.6 Å². The number of carbonyl (C=O) groups is 3. The van der Waals surface area contributed by atoms with Crippen molar-refractivity contribution < 1.29 is 19.1 Å². The predicted molar refractivity (Wildman–Crippen MR) is 100 cm³/mol. The molecule has 6 nitrogen and oxygen atoms in total. The Kier molecular flexibility index (Phi) is 6.49. The monoisotopic (exact) mass is 354 g/mol. The highest BCUT2D eigenvalue weighted by molar-refractivity contribution is 6.03. The highest BCUT2D eigenvalue weighted by Crippen LogP contribution is 2.18. The number of ether oxygens (including phenoxy) is 1. The first-order chi connectivity index (χ1) is 12.5. The van der Waals surface area contributed by atoms with Crippen LogP contribution in [0.5, 0.6) is 0 Å². The van der Waals surface area contributed by atoms with Crippen LogP contribution in [0.1, 0.15) is 24.2 Å². The highest BCUT2D eigenvalue weighted by atomic mass is 16.5. The number of likely N-dealkylation sites (N-methyl/N-ethyl adjacent to an activating group) is 1. The number of nitrogens with zero attached hydrogens (tertiary/aromatic N) is 2. The molecule has 0 atom stereocenters. The van der Waals surface area contributed by atoms with Crippen molar-refractivity contribution in [2.75, 3.05) is 30.0 Å². The van der Waals surface area contributed by atoms with Crippen LogP contribution in [0.2, 0.25) is 0 Å². The minimum absolute atomic E-state index is 0.0877. The van der Waals surface area contributed by atoms with Gasteiger partial charge in [0, 0.05) is 24.8 Å². The molecule has 2 aromatic carbocycles. The van der Waals surface area contributed by atoms with E-state index in [1.165, 1.54) is 18.9 Å². The van der Waals surface area contributed by atoms with Crippen LogP contribution in [0.25, 0.3) is 0 Å². The number of rotatable bonds is 6. The van der Waals surface area contributed by atoms with Crippen molar-refractivity contribution in [1.82, 2.24) is 0 Å². The largest absolute Gasteiger partial charge is 0.465 e. The maximum atomic E-state index is 12.7. The number of esters is 1. The van der Waals surface area contributed by atoms with Gasteiger partial charge in [-0.2, -0.15) is 0 Å². The summed E-state index contributed by atoms with van der Waals surface area (Å²) in [6.07, 6.45) is 0. The van der Waals surface area contributed by atoms with E-state index in [1.807, 2.05) is 37.3 Å². The standard InChI is InChI=1S/C20H22N2O4/c1-4-21(17-8-6-5-7-9-17)19(24)14-22(15(2)23)18-12-10-16(11-13-18)20(25)26-3/h5-13H,4,14H2,1-3H3. The van der Waals surface area contributed by atoms with Crippen molar-refractivity contribution >= 4 is 29.2 Å². The number of hydrogen-bond donors (Lipinski definition) is 0. The SMILES string of the molecule is CCN(C(=O)CN(C(C)=O)c1ccc(C(=O)OC)cc1)c1ccccc1. The summed E-state index contributed by atoms with van der Waals surface area (Å²) < 4.78 is 4.66. The molecule has 0 spiro atoms. The molecule has 0 bridgehead atoms. The average molecular weight is 354 g/mol. The van der Waals surface area contributed by atoms with Gasteiger partial charge in [-0.3, -0.25) is 9.59 Å². The third-order valence-corrected chi connectivity index (χ3v) is 3.96. The second-order valence-corrected chi connectivity index (χ2v) is 5.62. The van der Waals surface area contributed by atoms with Crippen molar-refractivity contribution in [3.05, 3.63) is 60.2 Å². The van der Waals surface area contributed by atoms with Crippen LogP contribution in [0.3, 0.4) is 0 Å². The van der Waals surface area contributed by atoms with Gasteiger partial charge in [-0.05, 0) is 43.3 Å². The molecular weight excluding hydrogens is 332 g/mol. The zero-order valence-electron chi connectivity index (χ0n) is 15.1. The maximum Gasteiger partial charge on any atom is 0.337 e. The first-order valence-corrected chi connectivity index (χ1v) is 8.29. The van der Waals surface area contributed by atoms with E-state index in [1.54, 1.807) is 29.2 Å². The van der Waals surface area contributed by atoms with Crippen LogP contribution >= 0.6 is 0 Å². The maximum absolute atomic E-state index is 12.7. The van der Waals surface area contributed by atoms with Crippen LogP contribution in [0.4, 0.5) is 11.4 Å². The Bertz CT molecular complexity index is 772. The van der Waals surface area contributed by atoms with Gasteiger partial charge < -0.3 is 14.5 Å². The lowest BCUT2D eigenvalue weighted by Gasteiger charge is -2.26. The Labute approximate surface area is 153 Å². The second kappa shape index (κ2) is 8.80. The number of methoxy groups -OCH3 is 1. The topological polar surface area (TPSA) is 66.9 Å². The molecule has 0 heterocycles.